The quantitative estimate of drug-likeness (QED) is 0.497. The first-order chi connectivity index (χ1) is 7.79. The number of benzene rings is 1. The van der Waals surface area contributed by atoms with Crippen LogP contribution in [-0.4, -0.2) is 17.8 Å². The van der Waals surface area contributed by atoms with Gasteiger partial charge in [-0.15, -0.1) is 0 Å². The Morgan fingerprint density at radius 3 is 2.41 bits per heavy atom. The molecule has 1 rings (SSSR count). The minimum atomic E-state index is -4.31. The topological polar surface area (TPSA) is 12.0 Å². The number of hydrogen-bond donors (Lipinski definition) is 1. The van der Waals surface area contributed by atoms with E-state index >= 15 is 0 Å². The Kier molecular flexibility index (Phi) is 5.05. The van der Waals surface area contributed by atoms with Crippen LogP contribution in [0.2, 0.25) is 0 Å². The molecule has 0 spiro atoms. The Balaban J connectivity index is 2.50. The number of anilines is 1. The molecule has 1 nitrogen and oxygen atoms in total. The average Bonchev–Trinajstić information content (AvgIpc) is 2.18. The van der Waals surface area contributed by atoms with Gasteiger partial charge in [0, 0.05) is 18.4 Å². The van der Waals surface area contributed by atoms with Gasteiger partial charge in [0.2, 0.25) is 0 Å². The molecule has 0 heterocycles. The van der Waals surface area contributed by atoms with Crippen molar-refractivity contribution >= 4 is 33.4 Å². The molecule has 0 bridgehead atoms. The van der Waals surface area contributed by atoms with Crippen molar-refractivity contribution in [2.24, 2.45) is 0 Å². The largest absolute Gasteiger partial charge is 0.441 e. The minimum absolute atomic E-state index is 0.0368. The summed E-state index contributed by atoms with van der Waals surface area (Å²) in [5.74, 6) is -1.69. The molecule has 1 aromatic carbocycles. The number of hydrogen-bond acceptors (Lipinski definition) is 2. The van der Waals surface area contributed by atoms with Crippen LogP contribution in [0, 0.1) is 11.6 Å². The van der Waals surface area contributed by atoms with Gasteiger partial charge in [-0.3, -0.25) is 0 Å². The lowest BCUT2D eigenvalue weighted by atomic mass is 10.3. The molecule has 0 aliphatic carbocycles. The summed E-state index contributed by atoms with van der Waals surface area (Å²) >= 11 is 2.57. The predicted octanol–water partition coefficient (Wildman–Crippen LogP) is 4.39. The van der Waals surface area contributed by atoms with Crippen molar-refractivity contribution in [1.82, 2.24) is 0 Å². The molecular formula is C9H7BrF5NS. The van der Waals surface area contributed by atoms with Crippen molar-refractivity contribution in [3.8, 4) is 0 Å². The van der Waals surface area contributed by atoms with Gasteiger partial charge in [-0.05, 0) is 33.8 Å². The molecule has 1 N–H and O–H groups in total. The fraction of sp³-hybridized carbons (Fsp3) is 0.333. The summed E-state index contributed by atoms with van der Waals surface area (Å²) in [6.07, 6.45) is 0. The van der Waals surface area contributed by atoms with Crippen LogP contribution in [0.15, 0.2) is 16.6 Å². The first kappa shape index (κ1) is 14.6. The lowest BCUT2D eigenvalue weighted by Gasteiger charge is -2.09. The van der Waals surface area contributed by atoms with Gasteiger partial charge in [-0.25, -0.2) is 8.78 Å². The molecule has 0 saturated heterocycles. The lowest BCUT2D eigenvalue weighted by Crippen LogP contribution is -2.10. The van der Waals surface area contributed by atoms with E-state index in [0.717, 1.165) is 12.1 Å². The highest BCUT2D eigenvalue weighted by atomic mass is 79.9. The van der Waals surface area contributed by atoms with Gasteiger partial charge in [-0.1, -0.05) is 0 Å². The predicted molar refractivity (Wildman–Crippen MR) is 61.1 cm³/mol. The minimum Gasteiger partial charge on any atom is -0.382 e. The molecule has 96 valence electrons. The van der Waals surface area contributed by atoms with E-state index < -0.39 is 17.1 Å². The van der Waals surface area contributed by atoms with Gasteiger partial charge in [0.05, 0.1) is 10.2 Å². The summed E-state index contributed by atoms with van der Waals surface area (Å²) in [4.78, 5) is 0. The van der Waals surface area contributed by atoms with Gasteiger partial charge < -0.3 is 5.32 Å². The molecule has 0 atom stereocenters. The third-order valence-corrected chi connectivity index (χ3v) is 3.04. The molecule has 0 aromatic heterocycles. The summed E-state index contributed by atoms with van der Waals surface area (Å²) in [5.41, 5.74) is -4.47. The van der Waals surface area contributed by atoms with Crippen LogP contribution in [0.1, 0.15) is 0 Å². The summed E-state index contributed by atoms with van der Waals surface area (Å²) in [7, 11) is 0. The highest BCUT2D eigenvalue weighted by molar-refractivity contribution is 9.10. The van der Waals surface area contributed by atoms with Crippen molar-refractivity contribution in [1.29, 1.82) is 0 Å². The molecule has 0 fully saturated rings. The van der Waals surface area contributed by atoms with Gasteiger partial charge in [0.15, 0.2) is 0 Å². The van der Waals surface area contributed by atoms with Crippen molar-refractivity contribution in [2.75, 3.05) is 17.6 Å². The SMILES string of the molecule is Fc1cc(NCCSC(F)(F)F)c(F)cc1Br. The third kappa shape index (κ3) is 5.12. The second-order valence-electron chi connectivity index (χ2n) is 2.97. The van der Waals surface area contributed by atoms with E-state index in [1.807, 2.05) is 0 Å². The molecule has 0 saturated carbocycles. The summed E-state index contributed by atoms with van der Waals surface area (Å²) in [6, 6.07) is 1.80. The van der Waals surface area contributed by atoms with E-state index in [9.17, 15) is 22.0 Å². The average molecular weight is 336 g/mol. The highest BCUT2D eigenvalue weighted by Gasteiger charge is 2.27. The molecule has 0 aliphatic rings. The van der Waals surface area contributed by atoms with Crippen LogP contribution >= 0.6 is 27.7 Å². The summed E-state index contributed by atoms with van der Waals surface area (Å²) in [6.45, 7) is -0.109. The maximum Gasteiger partial charge on any atom is 0.441 e. The highest BCUT2D eigenvalue weighted by Crippen LogP contribution is 2.30. The van der Waals surface area contributed by atoms with E-state index in [1.54, 1.807) is 0 Å². The molecule has 1 aromatic rings. The smallest absolute Gasteiger partial charge is 0.382 e. The Labute approximate surface area is 107 Å². The van der Waals surface area contributed by atoms with Crippen molar-refractivity contribution < 1.29 is 22.0 Å². The van der Waals surface area contributed by atoms with E-state index in [-0.39, 0.29) is 34.2 Å². The Morgan fingerprint density at radius 2 is 1.82 bits per heavy atom. The van der Waals surface area contributed by atoms with Crippen molar-refractivity contribution in [3.63, 3.8) is 0 Å². The fourth-order valence-electron chi connectivity index (χ4n) is 1.01. The number of halogens is 6. The Morgan fingerprint density at radius 1 is 1.18 bits per heavy atom. The van der Waals surface area contributed by atoms with E-state index in [2.05, 4.69) is 21.2 Å². The van der Waals surface area contributed by atoms with Crippen LogP contribution in [0.5, 0.6) is 0 Å². The van der Waals surface area contributed by atoms with Gasteiger partial charge in [-0.2, -0.15) is 13.2 Å². The van der Waals surface area contributed by atoms with Gasteiger partial charge >= 0.3 is 5.51 Å². The molecule has 8 heteroatoms. The van der Waals surface area contributed by atoms with Crippen molar-refractivity contribution in [3.05, 3.63) is 28.2 Å². The van der Waals surface area contributed by atoms with Gasteiger partial charge in [0.1, 0.15) is 11.6 Å². The molecule has 0 radical (unpaired) electrons. The maximum atomic E-state index is 13.2. The van der Waals surface area contributed by atoms with E-state index in [1.165, 1.54) is 0 Å². The monoisotopic (exact) mass is 335 g/mol. The molecule has 0 amide bonds. The van der Waals surface area contributed by atoms with Crippen molar-refractivity contribution in [2.45, 2.75) is 5.51 Å². The molecule has 0 aliphatic heterocycles. The Bertz CT molecular complexity index is 396. The standard InChI is InChI=1S/C9H7BrF5NS/c10-5-3-7(12)8(4-6(5)11)16-1-2-17-9(13,14)15/h3-4,16H,1-2H2. The molecule has 0 unspecified atom stereocenters. The van der Waals surface area contributed by atoms with Crippen LogP contribution in [0.25, 0.3) is 0 Å². The first-order valence-corrected chi connectivity index (χ1v) is 6.16. The van der Waals surface area contributed by atoms with Crippen LogP contribution in [0.3, 0.4) is 0 Å². The molecular weight excluding hydrogens is 329 g/mol. The van der Waals surface area contributed by atoms with Crippen LogP contribution in [0.4, 0.5) is 27.6 Å². The second kappa shape index (κ2) is 5.90. The van der Waals surface area contributed by atoms with Crippen LogP contribution < -0.4 is 5.32 Å². The normalized spacial score (nSPS) is 11.6. The number of nitrogens with one attached hydrogen (secondary N) is 1. The third-order valence-electron chi connectivity index (χ3n) is 1.69. The number of thioether (sulfide) groups is 1. The second-order valence-corrected chi connectivity index (χ2v) is 4.98. The zero-order chi connectivity index (χ0) is 13.1. The fourth-order valence-corrected chi connectivity index (χ4v) is 1.76. The summed E-state index contributed by atoms with van der Waals surface area (Å²) < 4.78 is 61.5. The van der Waals surface area contributed by atoms with Crippen LogP contribution in [-0.2, 0) is 0 Å². The number of rotatable bonds is 4. The van der Waals surface area contributed by atoms with Gasteiger partial charge in [0.25, 0.3) is 0 Å². The first-order valence-electron chi connectivity index (χ1n) is 4.38. The Hall–Kier alpha value is -0.500. The zero-order valence-corrected chi connectivity index (χ0v) is 10.6. The maximum absolute atomic E-state index is 13.2. The van der Waals surface area contributed by atoms with E-state index in [0.29, 0.717) is 0 Å². The molecule has 17 heavy (non-hydrogen) atoms. The van der Waals surface area contributed by atoms with E-state index in [4.69, 9.17) is 0 Å². The zero-order valence-electron chi connectivity index (χ0n) is 8.24. The number of alkyl halides is 3. The summed E-state index contributed by atoms with van der Waals surface area (Å²) in [5, 5.41) is 2.40. The lowest BCUT2D eigenvalue weighted by molar-refractivity contribution is -0.0327.